The number of methoxy groups -OCH3 is 1. The zero-order valence-electron chi connectivity index (χ0n) is 25.2. The van der Waals surface area contributed by atoms with Crippen molar-refractivity contribution in [2.45, 2.75) is 45.6 Å². The van der Waals surface area contributed by atoms with Crippen LogP contribution in [0.1, 0.15) is 40.0 Å². The fourth-order valence-electron chi connectivity index (χ4n) is 5.77. The molecule has 3 heterocycles. The summed E-state index contributed by atoms with van der Waals surface area (Å²) in [4.78, 5) is 37.0. The van der Waals surface area contributed by atoms with Crippen molar-refractivity contribution in [3.05, 3.63) is 65.9 Å². The van der Waals surface area contributed by atoms with E-state index in [2.05, 4.69) is 33.6 Å². The zero-order chi connectivity index (χ0) is 30.7. The van der Waals surface area contributed by atoms with E-state index in [1.807, 2.05) is 29.2 Å². The second kappa shape index (κ2) is 12.5. The Balaban J connectivity index is 1.24. The number of carbonyl (C=O) groups is 2. The highest BCUT2D eigenvalue weighted by Crippen LogP contribution is 2.33. The molecule has 0 bridgehead atoms. The first-order valence-corrected chi connectivity index (χ1v) is 14.7. The fourth-order valence-corrected chi connectivity index (χ4v) is 5.77. The number of benzene rings is 1. The minimum atomic E-state index is -0.507. The molecule has 0 saturated carbocycles. The largest absolute Gasteiger partial charge is 0.494 e. The number of nitrogens with one attached hydrogen (secondary N) is 2. The van der Waals surface area contributed by atoms with Gasteiger partial charge < -0.3 is 26.0 Å². The Bertz CT molecular complexity index is 1570. The van der Waals surface area contributed by atoms with Gasteiger partial charge in [0.25, 0.3) is 5.91 Å². The van der Waals surface area contributed by atoms with Crippen molar-refractivity contribution in [3.8, 4) is 17.0 Å². The van der Waals surface area contributed by atoms with E-state index in [-0.39, 0.29) is 29.4 Å². The monoisotopic (exact) mass is 589 g/mol. The Kier molecular flexibility index (Phi) is 8.82. The number of likely N-dealkylation sites (tertiary alicyclic amines) is 1. The summed E-state index contributed by atoms with van der Waals surface area (Å²) in [5, 5.41) is 6.51. The van der Waals surface area contributed by atoms with Gasteiger partial charge in [0.05, 0.1) is 24.5 Å². The van der Waals surface area contributed by atoms with Crippen molar-refractivity contribution in [2.24, 2.45) is 17.6 Å². The summed E-state index contributed by atoms with van der Waals surface area (Å²) in [6.45, 7) is 8.22. The number of ether oxygens (including phenoxy) is 1. The number of nitrogens with zero attached hydrogens (tertiary/aromatic N) is 4. The van der Waals surface area contributed by atoms with Crippen LogP contribution in [0, 0.1) is 17.7 Å². The highest BCUT2D eigenvalue weighted by atomic mass is 19.1. The summed E-state index contributed by atoms with van der Waals surface area (Å²) in [5.41, 5.74) is 8.71. The van der Waals surface area contributed by atoms with Gasteiger partial charge in [-0.25, -0.2) is 14.4 Å². The highest BCUT2D eigenvalue weighted by Gasteiger charge is 2.33. The summed E-state index contributed by atoms with van der Waals surface area (Å²) < 4.78 is 21.3. The lowest BCUT2D eigenvalue weighted by Crippen LogP contribution is -2.45. The first-order valence-electron chi connectivity index (χ1n) is 14.7. The molecule has 5 rings (SSSR count). The summed E-state index contributed by atoms with van der Waals surface area (Å²) in [6.07, 6.45) is 11.1. The van der Waals surface area contributed by atoms with Crippen LogP contribution in [0.5, 0.6) is 5.75 Å². The minimum absolute atomic E-state index is 0.00346. The van der Waals surface area contributed by atoms with E-state index in [9.17, 15) is 14.0 Å². The topological polar surface area (TPSA) is 127 Å². The van der Waals surface area contributed by atoms with Crippen molar-refractivity contribution in [1.82, 2.24) is 24.6 Å². The van der Waals surface area contributed by atoms with Gasteiger partial charge in [-0.05, 0) is 69.3 Å². The lowest BCUT2D eigenvalue weighted by molar-refractivity contribution is -0.132. The summed E-state index contributed by atoms with van der Waals surface area (Å²) in [6, 6.07) is 4.81. The van der Waals surface area contributed by atoms with E-state index in [0.29, 0.717) is 68.0 Å². The van der Waals surface area contributed by atoms with Gasteiger partial charge in [0.2, 0.25) is 5.91 Å². The number of amides is 2. The van der Waals surface area contributed by atoms with Crippen LogP contribution in [0.3, 0.4) is 0 Å². The molecule has 228 valence electrons. The third-order valence-corrected chi connectivity index (χ3v) is 8.38. The van der Waals surface area contributed by atoms with Crippen molar-refractivity contribution < 1.29 is 18.7 Å². The van der Waals surface area contributed by atoms with Crippen molar-refractivity contribution in [1.29, 1.82) is 0 Å². The van der Waals surface area contributed by atoms with Gasteiger partial charge in [-0.2, -0.15) is 0 Å². The molecule has 1 aliphatic heterocycles. The minimum Gasteiger partial charge on any atom is -0.494 e. The first kappa shape index (κ1) is 30.2. The number of rotatable bonds is 9. The molecule has 2 aliphatic rings. The van der Waals surface area contributed by atoms with E-state index in [1.165, 1.54) is 13.2 Å². The highest BCUT2D eigenvalue weighted by molar-refractivity contribution is 5.98. The van der Waals surface area contributed by atoms with Gasteiger partial charge in [-0.15, -0.1) is 0 Å². The number of carbonyl (C=O) groups excluding carboxylic acids is 2. The normalized spacial score (nSPS) is 19.9. The van der Waals surface area contributed by atoms with Crippen LogP contribution in [0.15, 0.2) is 60.1 Å². The standard InChI is InChI=1S/C32H40FN7O3/c1-20(17-34)18-37-30(41)22-8-12-39(13-9-22)31(42)24-7-10-32(3,16-21(24)2)38-28-29-36-19-26(40(29)14-11-35-28)23-5-6-27(43-4)25(33)15-23/h5-7,11,14-16,19-20,22H,8-10,12-13,17-18,34H2,1-4H3,(H,35,38)(H,37,41). The van der Waals surface area contributed by atoms with Crippen molar-refractivity contribution >= 4 is 23.3 Å². The second-order valence-electron chi connectivity index (χ2n) is 11.8. The molecule has 2 unspecified atom stereocenters. The van der Waals surface area contributed by atoms with Crippen LogP contribution in [0.2, 0.25) is 0 Å². The molecule has 3 aromatic rings. The van der Waals surface area contributed by atoms with Crippen LogP contribution in [0.25, 0.3) is 16.9 Å². The molecular weight excluding hydrogens is 549 g/mol. The number of aromatic nitrogens is 3. The third kappa shape index (κ3) is 6.41. The Morgan fingerprint density at radius 1 is 1.26 bits per heavy atom. The summed E-state index contributed by atoms with van der Waals surface area (Å²) in [5.74, 6) is 0.519. The number of nitrogens with two attached hydrogens (primary N) is 1. The maximum absolute atomic E-state index is 14.4. The van der Waals surface area contributed by atoms with Gasteiger partial charge in [0, 0.05) is 49.1 Å². The average Bonchev–Trinajstić information content (AvgIpc) is 3.44. The molecular formula is C32H40FN7O3. The number of hydrogen-bond acceptors (Lipinski definition) is 7. The number of imidazole rings is 1. The molecule has 1 aliphatic carbocycles. The molecule has 2 amide bonds. The smallest absolute Gasteiger partial charge is 0.253 e. The molecule has 10 nitrogen and oxygen atoms in total. The first-order chi connectivity index (χ1) is 20.6. The van der Waals surface area contributed by atoms with E-state index >= 15 is 0 Å². The van der Waals surface area contributed by atoms with Gasteiger partial charge in [-0.3, -0.25) is 14.0 Å². The third-order valence-electron chi connectivity index (χ3n) is 8.38. The Hall–Kier alpha value is -4.25. The van der Waals surface area contributed by atoms with Crippen LogP contribution in [0.4, 0.5) is 10.2 Å². The number of piperidine rings is 1. The number of halogens is 1. The lowest BCUT2D eigenvalue weighted by Gasteiger charge is -2.35. The molecule has 11 heteroatoms. The summed E-state index contributed by atoms with van der Waals surface area (Å²) >= 11 is 0. The molecule has 1 saturated heterocycles. The average molecular weight is 590 g/mol. The zero-order valence-corrected chi connectivity index (χ0v) is 25.2. The molecule has 1 fully saturated rings. The van der Waals surface area contributed by atoms with Crippen LogP contribution < -0.4 is 21.1 Å². The molecule has 2 aromatic heterocycles. The van der Waals surface area contributed by atoms with Gasteiger partial charge in [-0.1, -0.05) is 19.1 Å². The van der Waals surface area contributed by atoms with Gasteiger partial charge in [0.1, 0.15) is 0 Å². The second-order valence-corrected chi connectivity index (χ2v) is 11.8. The van der Waals surface area contributed by atoms with Crippen LogP contribution >= 0.6 is 0 Å². The molecule has 4 N–H and O–H groups in total. The predicted octanol–water partition coefficient (Wildman–Crippen LogP) is 3.94. The molecule has 43 heavy (non-hydrogen) atoms. The lowest BCUT2D eigenvalue weighted by atomic mass is 9.85. The quantitative estimate of drug-likeness (QED) is 0.345. The molecule has 0 spiro atoms. The molecule has 2 atom stereocenters. The Morgan fingerprint density at radius 3 is 2.70 bits per heavy atom. The van der Waals surface area contributed by atoms with Crippen LogP contribution in [-0.2, 0) is 9.59 Å². The van der Waals surface area contributed by atoms with E-state index in [0.717, 1.165) is 11.3 Å². The maximum atomic E-state index is 14.4. The van der Waals surface area contributed by atoms with E-state index in [4.69, 9.17) is 10.5 Å². The number of fused-ring (bicyclic) bond motifs is 1. The van der Waals surface area contributed by atoms with Gasteiger partial charge in [0.15, 0.2) is 23.0 Å². The Labute approximate surface area is 251 Å². The Morgan fingerprint density at radius 2 is 2.02 bits per heavy atom. The number of hydrogen-bond donors (Lipinski definition) is 3. The van der Waals surface area contributed by atoms with Crippen molar-refractivity contribution in [3.63, 3.8) is 0 Å². The number of anilines is 1. The van der Waals surface area contributed by atoms with E-state index in [1.54, 1.807) is 30.7 Å². The molecule has 0 radical (unpaired) electrons. The SMILES string of the molecule is COc1ccc(-c2cnc3c(NC4(C)C=C(C)C(C(=O)N5CCC(C(=O)NCC(C)CN)CC5)=CC4)nccn23)cc1F. The van der Waals surface area contributed by atoms with E-state index < -0.39 is 11.4 Å². The maximum Gasteiger partial charge on any atom is 0.253 e. The molecule has 1 aromatic carbocycles. The van der Waals surface area contributed by atoms with Gasteiger partial charge >= 0.3 is 0 Å². The summed E-state index contributed by atoms with van der Waals surface area (Å²) in [7, 11) is 1.43. The van der Waals surface area contributed by atoms with Crippen molar-refractivity contribution in [2.75, 3.05) is 38.6 Å². The van der Waals surface area contributed by atoms with Crippen LogP contribution in [-0.4, -0.2) is 69.9 Å². The predicted molar refractivity (Wildman–Crippen MR) is 164 cm³/mol. The fraction of sp³-hybridized carbons (Fsp3) is 0.438.